The van der Waals surface area contributed by atoms with Crippen molar-refractivity contribution in [1.29, 1.82) is 0 Å². The Balaban J connectivity index is 2.02. The SMILES string of the molecule is CC1(OC(=O)n2cccn2)CC1. The second kappa shape index (κ2) is 2.33. The highest BCUT2D eigenvalue weighted by molar-refractivity contribution is 5.69. The van der Waals surface area contributed by atoms with Crippen LogP contribution in [0.1, 0.15) is 19.8 Å². The molecule has 1 aliphatic rings. The second-order valence-electron chi connectivity index (χ2n) is 3.27. The molecule has 4 heteroatoms. The Morgan fingerprint density at radius 2 is 2.42 bits per heavy atom. The average molecular weight is 166 g/mol. The van der Waals surface area contributed by atoms with E-state index in [2.05, 4.69) is 5.10 Å². The molecule has 0 spiro atoms. The number of rotatable bonds is 1. The number of hydrogen-bond donors (Lipinski definition) is 0. The lowest BCUT2D eigenvalue weighted by atomic mass is 10.4. The second-order valence-corrected chi connectivity index (χ2v) is 3.27. The van der Waals surface area contributed by atoms with E-state index < -0.39 is 0 Å². The predicted octanol–water partition coefficient (Wildman–Crippen LogP) is 1.42. The minimum absolute atomic E-state index is 0.219. The van der Waals surface area contributed by atoms with Gasteiger partial charge in [-0.2, -0.15) is 9.78 Å². The van der Waals surface area contributed by atoms with Crippen LogP contribution in [0.2, 0.25) is 0 Å². The van der Waals surface area contributed by atoms with Crippen LogP contribution in [0.3, 0.4) is 0 Å². The normalized spacial score (nSPS) is 18.8. The summed E-state index contributed by atoms with van der Waals surface area (Å²) >= 11 is 0. The number of hydrogen-bond acceptors (Lipinski definition) is 3. The van der Waals surface area contributed by atoms with E-state index in [-0.39, 0.29) is 11.7 Å². The van der Waals surface area contributed by atoms with Crippen molar-refractivity contribution in [2.75, 3.05) is 0 Å². The summed E-state index contributed by atoms with van der Waals surface area (Å²) < 4.78 is 6.35. The van der Waals surface area contributed by atoms with E-state index in [0.29, 0.717) is 0 Å². The fourth-order valence-corrected chi connectivity index (χ4v) is 0.912. The maximum atomic E-state index is 11.2. The van der Waals surface area contributed by atoms with Gasteiger partial charge in [0.2, 0.25) is 0 Å². The smallest absolute Gasteiger partial charge is 0.435 e. The van der Waals surface area contributed by atoms with Crippen LogP contribution in [0.25, 0.3) is 0 Å². The molecule has 1 heterocycles. The van der Waals surface area contributed by atoms with Crippen LogP contribution >= 0.6 is 0 Å². The highest BCUT2D eigenvalue weighted by atomic mass is 16.6. The maximum Gasteiger partial charge on any atom is 0.435 e. The van der Waals surface area contributed by atoms with Gasteiger partial charge in [-0.15, -0.1) is 0 Å². The Hall–Kier alpha value is -1.32. The van der Waals surface area contributed by atoms with Crippen LogP contribution in [-0.2, 0) is 4.74 Å². The van der Waals surface area contributed by atoms with Crippen LogP contribution in [0.4, 0.5) is 4.79 Å². The summed E-state index contributed by atoms with van der Waals surface area (Å²) in [4.78, 5) is 11.2. The third-order valence-electron chi connectivity index (χ3n) is 1.98. The van der Waals surface area contributed by atoms with Gasteiger partial charge in [0, 0.05) is 12.4 Å². The summed E-state index contributed by atoms with van der Waals surface area (Å²) in [5.41, 5.74) is -0.219. The Morgan fingerprint density at radius 1 is 1.67 bits per heavy atom. The van der Waals surface area contributed by atoms with E-state index in [9.17, 15) is 4.79 Å². The molecule has 2 rings (SSSR count). The third kappa shape index (κ3) is 1.32. The summed E-state index contributed by atoms with van der Waals surface area (Å²) in [5, 5.41) is 3.77. The first-order valence-corrected chi connectivity index (χ1v) is 3.93. The molecule has 1 aromatic heterocycles. The van der Waals surface area contributed by atoms with Crippen molar-refractivity contribution < 1.29 is 9.53 Å². The van der Waals surface area contributed by atoms with Crippen LogP contribution < -0.4 is 0 Å². The number of carbonyl (C=O) groups excluding carboxylic acids is 1. The van der Waals surface area contributed by atoms with E-state index in [4.69, 9.17) is 4.74 Å². The molecule has 4 nitrogen and oxygen atoms in total. The van der Waals surface area contributed by atoms with E-state index in [1.54, 1.807) is 18.5 Å². The molecule has 0 saturated heterocycles. The first-order valence-electron chi connectivity index (χ1n) is 3.93. The van der Waals surface area contributed by atoms with Gasteiger partial charge < -0.3 is 4.74 Å². The van der Waals surface area contributed by atoms with Crippen LogP contribution in [0.5, 0.6) is 0 Å². The van der Waals surface area contributed by atoms with Crippen LogP contribution in [0, 0.1) is 0 Å². The molecule has 0 aliphatic heterocycles. The predicted molar refractivity (Wildman–Crippen MR) is 41.7 cm³/mol. The van der Waals surface area contributed by atoms with Gasteiger partial charge in [0.25, 0.3) is 0 Å². The standard InChI is InChI=1S/C8H10N2O2/c1-8(3-4-8)12-7(11)10-6-2-5-9-10/h2,5-6H,3-4H2,1H3. The van der Waals surface area contributed by atoms with Crippen molar-refractivity contribution in [2.45, 2.75) is 25.4 Å². The van der Waals surface area contributed by atoms with Crippen molar-refractivity contribution >= 4 is 6.09 Å². The average Bonchev–Trinajstić information content (AvgIpc) is 2.55. The zero-order valence-corrected chi connectivity index (χ0v) is 6.86. The quantitative estimate of drug-likeness (QED) is 0.633. The largest absolute Gasteiger partial charge is 0.442 e. The Bertz CT molecular complexity index is 288. The summed E-state index contributed by atoms with van der Waals surface area (Å²) in [6.45, 7) is 1.92. The molecule has 0 unspecified atom stereocenters. The molecule has 1 aromatic rings. The first kappa shape index (κ1) is 7.34. The van der Waals surface area contributed by atoms with Crippen molar-refractivity contribution in [3.8, 4) is 0 Å². The van der Waals surface area contributed by atoms with Crippen LogP contribution in [-0.4, -0.2) is 21.5 Å². The molecule has 1 aliphatic carbocycles. The van der Waals surface area contributed by atoms with Crippen molar-refractivity contribution in [3.05, 3.63) is 18.5 Å². The van der Waals surface area contributed by atoms with Crippen LogP contribution in [0.15, 0.2) is 18.5 Å². The fraction of sp³-hybridized carbons (Fsp3) is 0.500. The molecule has 1 fully saturated rings. The van der Waals surface area contributed by atoms with Gasteiger partial charge in [0.15, 0.2) is 0 Å². The molecule has 0 aromatic carbocycles. The molecular formula is C8H10N2O2. The van der Waals surface area contributed by atoms with Crippen molar-refractivity contribution in [1.82, 2.24) is 9.78 Å². The lowest BCUT2D eigenvalue weighted by Gasteiger charge is -2.09. The summed E-state index contributed by atoms with van der Waals surface area (Å²) in [6, 6.07) is 1.69. The highest BCUT2D eigenvalue weighted by Crippen LogP contribution is 2.38. The fourth-order valence-electron chi connectivity index (χ4n) is 0.912. The molecule has 0 atom stereocenters. The topological polar surface area (TPSA) is 44.1 Å². The molecular weight excluding hydrogens is 156 g/mol. The van der Waals surface area contributed by atoms with Gasteiger partial charge in [-0.3, -0.25) is 0 Å². The van der Waals surface area contributed by atoms with E-state index in [1.807, 2.05) is 6.92 Å². The van der Waals surface area contributed by atoms with E-state index >= 15 is 0 Å². The van der Waals surface area contributed by atoms with Gasteiger partial charge >= 0.3 is 6.09 Å². The summed E-state index contributed by atoms with van der Waals surface area (Å²) in [7, 11) is 0. The van der Waals surface area contributed by atoms with Gasteiger partial charge in [-0.05, 0) is 25.8 Å². The number of aromatic nitrogens is 2. The van der Waals surface area contributed by atoms with Gasteiger partial charge in [0.05, 0.1) is 0 Å². The maximum absolute atomic E-state index is 11.2. The minimum Gasteiger partial charge on any atom is -0.442 e. The Kier molecular flexibility index (Phi) is 1.43. The van der Waals surface area contributed by atoms with E-state index in [1.165, 1.54) is 4.68 Å². The van der Waals surface area contributed by atoms with Crippen molar-refractivity contribution in [2.24, 2.45) is 0 Å². The molecule has 0 amide bonds. The zero-order valence-electron chi connectivity index (χ0n) is 6.86. The first-order chi connectivity index (χ1) is 5.70. The molecule has 64 valence electrons. The third-order valence-corrected chi connectivity index (χ3v) is 1.98. The lowest BCUT2D eigenvalue weighted by molar-refractivity contribution is 0.0919. The lowest BCUT2D eigenvalue weighted by Crippen LogP contribution is -2.21. The van der Waals surface area contributed by atoms with E-state index in [0.717, 1.165) is 12.8 Å². The van der Waals surface area contributed by atoms with Gasteiger partial charge in [0.1, 0.15) is 5.60 Å². The molecule has 0 bridgehead atoms. The highest BCUT2D eigenvalue weighted by Gasteiger charge is 2.42. The van der Waals surface area contributed by atoms with Gasteiger partial charge in [-0.1, -0.05) is 0 Å². The molecule has 0 N–H and O–H groups in total. The summed E-state index contributed by atoms with van der Waals surface area (Å²) in [5.74, 6) is 0. The molecule has 1 saturated carbocycles. The number of carbonyl (C=O) groups is 1. The Labute approximate surface area is 70.1 Å². The van der Waals surface area contributed by atoms with Crippen molar-refractivity contribution in [3.63, 3.8) is 0 Å². The minimum atomic E-state index is -0.389. The van der Waals surface area contributed by atoms with Gasteiger partial charge in [-0.25, -0.2) is 4.79 Å². The number of ether oxygens (including phenoxy) is 1. The monoisotopic (exact) mass is 166 g/mol. The summed E-state index contributed by atoms with van der Waals surface area (Å²) in [6.07, 6.45) is 4.66. The molecule has 12 heavy (non-hydrogen) atoms. The molecule has 0 radical (unpaired) electrons. The zero-order chi connectivity index (χ0) is 8.60. The number of nitrogens with zero attached hydrogens (tertiary/aromatic N) is 2. The Morgan fingerprint density at radius 3 is 2.92 bits per heavy atom.